The number of benzene rings is 2. The van der Waals surface area contributed by atoms with Crippen molar-refractivity contribution in [3.63, 3.8) is 0 Å². The van der Waals surface area contributed by atoms with Gasteiger partial charge in [-0.2, -0.15) is 0 Å². The van der Waals surface area contributed by atoms with Crippen LogP contribution in [0.25, 0.3) is 0 Å². The van der Waals surface area contributed by atoms with Crippen LogP contribution in [-0.2, 0) is 4.79 Å². The van der Waals surface area contributed by atoms with Crippen molar-refractivity contribution < 1.29 is 24.0 Å². The molecule has 10 heteroatoms. The van der Waals surface area contributed by atoms with Crippen molar-refractivity contribution in [3.8, 4) is 11.5 Å². The molecular weight excluding hydrogens is 402 g/mol. The molecular formula is C19H18ClN3O6. The predicted octanol–water partition coefficient (Wildman–Crippen LogP) is 2.63. The Bertz CT molecular complexity index is 965. The third kappa shape index (κ3) is 4.94. The van der Waals surface area contributed by atoms with Crippen molar-refractivity contribution in [2.75, 3.05) is 19.8 Å². The first-order valence-corrected chi connectivity index (χ1v) is 9.14. The molecule has 1 aliphatic rings. The van der Waals surface area contributed by atoms with Crippen molar-refractivity contribution in [2.24, 2.45) is 0 Å². The number of nitro benzene ring substituents is 1. The molecule has 0 aromatic heterocycles. The molecule has 1 heterocycles. The number of carbonyl (C=O) groups excluding carboxylic acids is 2. The molecule has 2 aromatic rings. The first kappa shape index (κ1) is 20.4. The number of nitro groups is 1. The van der Waals surface area contributed by atoms with Gasteiger partial charge < -0.3 is 20.1 Å². The number of hydrogen-bond donors (Lipinski definition) is 2. The van der Waals surface area contributed by atoms with Gasteiger partial charge in [-0.05, 0) is 36.8 Å². The summed E-state index contributed by atoms with van der Waals surface area (Å²) < 4.78 is 11.0. The number of carbonyl (C=O) groups is 2. The summed E-state index contributed by atoms with van der Waals surface area (Å²) >= 11 is 5.73. The molecule has 0 fully saturated rings. The molecule has 0 saturated carbocycles. The lowest BCUT2D eigenvalue weighted by atomic mass is 10.1. The first-order valence-electron chi connectivity index (χ1n) is 8.76. The van der Waals surface area contributed by atoms with E-state index in [4.69, 9.17) is 21.1 Å². The van der Waals surface area contributed by atoms with Crippen LogP contribution >= 0.6 is 11.6 Å². The van der Waals surface area contributed by atoms with Crippen LogP contribution in [0.15, 0.2) is 36.4 Å². The minimum atomic E-state index is -0.680. The molecule has 3 rings (SSSR count). The van der Waals surface area contributed by atoms with Gasteiger partial charge in [-0.3, -0.25) is 19.7 Å². The Kier molecular flexibility index (Phi) is 6.18. The average Bonchev–Trinajstić information content (AvgIpc) is 2.71. The van der Waals surface area contributed by atoms with Gasteiger partial charge in [0.05, 0.1) is 17.5 Å². The normalized spacial score (nSPS) is 13.3. The zero-order valence-corrected chi connectivity index (χ0v) is 16.2. The van der Waals surface area contributed by atoms with Crippen LogP contribution in [-0.4, -0.2) is 36.5 Å². The smallest absolute Gasteiger partial charge is 0.288 e. The number of rotatable bonds is 6. The molecule has 0 saturated heterocycles. The van der Waals surface area contributed by atoms with E-state index in [-0.39, 0.29) is 28.9 Å². The average molecular weight is 420 g/mol. The largest absolute Gasteiger partial charge is 0.486 e. The number of amides is 2. The van der Waals surface area contributed by atoms with Crippen molar-refractivity contribution in [1.82, 2.24) is 10.6 Å². The van der Waals surface area contributed by atoms with Crippen molar-refractivity contribution >= 4 is 29.1 Å². The Labute approximate surface area is 171 Å². The molecule has 1 aliphatic heterocycles. The number of nitrogens with one attached hydrogen (secondary N) is 2. The highest BCUT2D eigenvalue weighted by atomic mass is 35.5. The molecule has 0 bridgehead atoms. The fourth-order valence-electron chi connectivity index (χ4n) is 2.76. The Morgan fingerprint density at radius 3 is 2.62 bits per heavy atom. The predicted molar refractivity (Wildman–Crippen MR) is 104 cm³/mol. The van der Waals surface area contributed by atoms with E-state index in [1.165, 1.54) is 12.1 Å². The fraction of sp³-hybridized carbons (Fsp3) is 0.263. The molecule has 2 aromatic carbocycles. The SMILES string of the molecule is C[C@@H](NC(=O)CNC(=O)c1ccc(Cl)c([N+](=O)[O-])c1)c1ccc2c(c1)OCCO2. The molecule has 1 atom stereocenters. The van der Waals surface area contributed by atoms with Gasteiger partial charge >= 0.3 is 0 Å². The van der Waals surface area contributed by atoms with Gasteiger partial charge in [0.2, 0.25) is 5.91 Å². The summed E-state index contributed by atoms with van der Waals surface area (Å²) in [5.41, 5.74) is 0.479. The lowest BCUT2D eigenvalue weighted by Gasteiger charge is -2.21. The third-order valence-electron chi connectivity index (χ3n) is 4.26. The molecule has 2 N–H and O–H groups in total. The summed E-state index contributed by atoms with van der Waals surface area (Å²) in [4.78, 5) is 34.6. The van der Waals surface area contributed by atoms with E-state index >= 15 is 0 Å². The van der Waals surface area contributed by atoms with E-state index in [0.717, 1.165) is 11.6 Å². The second-order valence-corrected chi connectivity index (χ2v) is 6.71. The summed E-state index contributed by atoms with van der Waals surface area (Å²) in [7, 11) is 0. The number of hydrogen-bond acceptors (Lipinski definition) is 6. The summed E-state index contributed by atoms with van der Waals surface area (Å²) in [6.45, 7) is 2.47. The van der Waals surface area contributed by atoms with Crippen LogP contribution in [0, 0.1) is 10.1 Å². The zero-order chi connectivity index (χ0) is 21.0. The number of halogens is 1. The standard InChI is InChI=1S/C19H18ClN3O6/c1-11(12-3-5-16-17(9-12)29-7-6-28-16)22-18(24)10-21-19(25)13-2-4-14(20)15(8-13)23(26)27/h2-5,8-9,11H,6-7,10H2,1H3,(H,21,25)(H,22,24)/t11-/m1/s1. The zero-order valence-electron chi connectivity index (χ0n) is 15.4. The summed E-state index contributed by atoms with van der Waals surface area (Å²) in [6, 6.07) is 8.75. The highest BCUT2D eigenvalue weighted by Crippen LogP contribution is 2.32. The van der Waals surface area contributed by atoms with Gasteiger partial charge in [0, 0.05) is 11.6 Å². The maximum atomic E-state index is 12.2. The molecule has 152 valence electrons. The lowest BCUT2D eigenvalue weighted by molar-refractivity contribution is -0.384. The highest BCUT2D eigenvalue weighted by Gasteiger charge is 2.18. The number of ether oxygens (including phenoxy) is 2. The van der Waals surface area contributed by atoms with Crippen LogP contribution in [0.2, 0.25) is 5.02 Å². The maximum Gasteiger partial charge on any atom is 0.288 e. The number of nitrogens with zero attached hydrogens (tertiary/aromatic N) is 1. The van der Waals surface area contributed by atoms with E-state index in [1.807, 2.05) is 6.07 Å². The minimum absolute atomic E-state index is 0.0359. The maximum absolute atomic E-state index is 12.2. The number of fused-ring (bicyclic) bond motifs is 1. The van der Waals surface area contributed by atoms with E-state index in [0.29, 0.717) is 24.7 Å². The van der Waals surface area contributed by atoms with Crippen molar-refractivity contribution in [1.29, 1.82) is 0 Å². The first-order chi connectivity index (χ1) is 13.8. The van der Waals surface area contributed by atoms with E-state index in [9.17, 15) is 19.7 Å². The van der Waals surface area contributed by atoms with Crippen LogP contribution < -0.4 is 20.1 Å². The van der Waals surface area contributed by atoms with Gasteiger partial charge in [-0.15, -0.1) is 0 Å². The molecule has 0 unspecified atom stereocenters. The van der Waals surface area contributed by atoms with Crippen LogP contribution in [0.3, 0.4) is 0 Å². The van der Waals surface area contributed by atoms with Gasteiger partial charge in [-0.25, -0.2) is 0 Å². The Hall–Kier alpha value is -3.33. The third-order valence-corrected chi connectivity index (χ3v) is 4.58. The van der Waals surface area contributed by atoms with Gasteiger partial charge in [0.15, 0.2) is 11.5 Å². The van der Waals surface area contributed by atoms with Gasteiger partial charge in [-0.1, -0.05) is 17.7 Å². The van der Waals surface area contributed by atoms with E-state index < -0.39 is 16.7 Å². The molecule has 0 radical (unpaired) electrons. The molecule has 2 amide bonds. The van der Waals surface area contributed by atoms with Crippen LogP contribution in [0.4, 0.5) is 5.69 Å². The second kappa shape index (κ2) is 8.78. The summed E-state index contributed by atoms with van der Waals surface area (Å²) in [5, 5.41) is 16.0. The fourth-order valence-corrected chi connectivity index (χ4v) is 2.95. The topological polar surface area (TPSA) is 120 Å². The Morgan fingerprint density at radius 2 is 1.90 bits per heavy atom. The van der Waals surface area contributed by atoms with Crippen molar-refractivity contribution in [2.45, 2.75) is 13.0 Å². The van der Waals surface area contributed by atoms with E-state index in [1.54, 1.807) is 19.1 Å². The van der Waals surface area contributed by atoms with Crippen LogP contribution in [0.1, 0.15) is 28.9 Å². The quantitative estimate of drug-likeness (QED) is 0.548. The molecule has 0 spiro atoms. The summed E-state index contributed by atoms with van der Waals surface area (Å²) in [5.74, 6) is 0.242. The monoisotopic (exact) mass is 419 g/mol. The van der Waals surface area contributed by atoms with Gasteiger partial charge in [0.25, 0.3) is 11.6 Å². The Morgan fingerprint density at radius 1 is 1.17 bits per heavy atom. The summed E-state index contributed by atoms with van der Waals surface area (Å²) in [6.07, 6.45) is 0. The second-order valence-electron chi connectivity index (χ2n) is 6.30. The molecule has 0 aliphatic carbocycles. The Balaban J connectivity index is 1.56. The molecule has 9 nitrogen and oxygen atoms in total. The van der Waals surface area contributed by atoms with Crippen molar-refractivity contribution in [3.05, 3.63) is 62.7 Å². The molecule has 29 heavy (non-hydrogen) atoms. The van der Waals surface area contributed by atoms with Gasteiger partial charge in [0.1, 0.15) is 18.2 Å². The minimum Gasteiger partial charge on any atom is -0.486 e. The van der Waals surface area contributed by atoms with Crippen LogP contribution in [0.5, 0.6) is 11.5 Å². The lowest BCUT2D eigenvalue weighted by Crippen LogP contribution is -2.38. The van der Waals surface area contributed by atoms with E-state index in [2.05, 4.69) is 10.6 Å². The highest BCUT2D eigenvalue weighted by molar-refractivity contribution is 6.32.